The molecule has 0 aliphatic carbocycles. The number of aliphatic imine (C=N–C) groups is 1. The van der Waals surface area contributed by atoms with Crippen molar-refractivity contribution in [3.05, 3.63) is 71.8 Å². The Hall–Kier alpha value is -2.53. The lowest BCUT2D eigenvalue weighted by atomic mass is 9.92. The van der Waals surface area contributed by atoms with E-state index < -0.39 is 0 Å². The molecule has 0 radical (unpaired) electrons. The zero-order chi connectivity index (χ0) is 20.8. The Morgan fingerprint density at radius 1 is 1.34 bits per heavy atom. The van der Waals surface area contributed by atoms with Crippen molar-refractivity contribution in [1.29, 1.82) is 0 Å². The Labute approximate surface area is 174 Å². The van der Waals surface area contributed by atoms with Crippen LogP contribution < -0.4 is 10.6 Å². The molecule has 0 unspecified atom stereocenters. The Bertz CT molecular complexity index is 794. The summed E-state index contributed by atoms with van der Waals surface area (Å²) in [5.41, 5.74) is 2.62. The molecule has 0 spiro atoms. The van der Waals surface area contributed by atoms with E-state index in [1.807, 2.05) is 24.3 Å². The lowest BCUT2D eigenvalue weighted by Gasteiger charge is -2.35. The van der Waals surface area contributed by atoms with E-state index in [4.69, 9.17) is 4.99 Å². The van der Waals surface area contributed by atoms with Crippen molar-refractivity contribution in [2.45, 2.75) is 46.2 Å². The molecule has 0 saturated carbocycles. The van der Waals surface area contributed by atoms with E-state index in [-0.39, 0.29) is 12.6 Å². The van der Waals surface area contributed by atoms with Crippen molar-refractivity contribution in [1.82, 2.24) is 15.5 Å². The van der Waals surface area contributed by atoms with Crippen LogP contribution in [0.25, 0.3) is 0 Å². The van der Waals surface area contributed by atoms with Crippen molar-refractivity contribution < 1.29 is 5.11 Å². The lowest BCUT2D eigenvalue weighted by molar-refractivity contribution is 0.268. The van der Waals surface area contributed by atoms with Gasteiger partial charge in [0.05, 0.1) is 19.2 Å². The van der Waals surface area contributed by atoms with Gasteiger partial charge in [-0.05, 0) is 35.8 Å². The summed E-state index contributed by atoms with van der Waals surface area (Å²) in [7, 11) is 0. The van der Waals surface area contributed by atoms with Gasteiger partial charge in [0.2, 0.25) is 0 Å². The lowest BCUT2D eigenvalue weighted by Crippen LogP contribution is -2.46. The number of aliphatic hydroxyl groups excluding tert-OH is 1. The first-order valence-corrected chi connectivity index (χ1v) is 10.6. The normalized spacial score (nSPS) is 22.0. The minimum Gasteiger partial charge on any atom is -0.394 e. The molecule has 1 aromatic rings. The molecule has 1 aromatic carbocycles. The van der Waals surface area contributed by atoms with Crippen molar-refractivity contribution in [3.8, 4) is 0 Å². The Balaban J connectivity index is 1.99. The Morgan fingerprint density at radius 2 is 2.10 bits per heavy atom. The summed E-state index contributed by atoms with van der Waals surface area (Å²) in [5.74, 6) is 4.04. The van der Waals surface area contributed by atoms with Crippen LogP contribution in [0.4, 0.5) is 0 Å². The summed E-state index contributed by atoms with van der Waals surface area (Å²) in [6.45, 7) is 12.2. The van der Waals surface area contributed by atoms with E-state index in [2.05, 4.69) is 55.0 Å². The maximum absolute atomic E-state index is 9.59. The predicted molar refractivity (Wildman–Crippen MR) is 120 cm³/mol. The second-order valence-electron chi connectivity index (χ2n) is 8.29. The van der Waals surface area contributed by atoms with Gasteiger partial charge in [0.15, 0.2) is 0 Å². The highest BCUT2D eigenvalue weighted by atomic mass is 16.3. The molecule has 3 rings (SSSR count). The molecule has 0 saturated heterocycles. The molecule has 29 heavy (non-hydrogen) atoms. The highest BCUT2D eigenvalue weighted by Crippen LogP contribution is 2.31. The van der Waals surface area contributed by atoms with Crippen molar-refractivity contribution in [2.75, 3.05) is 13.2 Å². The van der Waals surface area contributed by atoms with Gasteiger partial charge in [0.1, 0.15) is 17.5 Å². The average molecular weight is 395 g/mol. The third kappa shape index (κ3) is 5.30. The van der Waals surface area contributed by atoms with Crippen LogP contribution in [-0.4, -0.2) is 35.0 Å². The summed E-state index contributed by atoms with van der Waals surface area (Å²) < 4.78 is 0. The summed E-state index contributed by atoms with van der Waals surface area (Å²) in [6, 6.07) is 10.1. The highest BCUT2D eigenvalue weighted by molar-refractivity contribution is 5.96. The Morgan fingerprint density at radius 3 is 2.76 bits per heavy atom. The van der Waals surface area contributed by atoms with Crippen molar-refractivity contribution >= 4 is 5.84 Å². The average Bonchev–Trinajstić information content (AvgIpc) is 2.90. The van der Waals surface area contributed by atoms with Crippen LogP contribution in [0.15, 0.2) is 71.3 Å². The third-order valence-electron chi connectivity index (χ3n) is 5.58. The number of hydrogen-bond acceptors (Lipinski definition) is 4. The number of amidine groups is 1. The van der Waals surface area contributed by atoms with Crippen LogP contribution in [0, 0.1) is 11.8 Å². The van der Waals surface area contributed by atoms with Crippen molar-refractivity contribution in [2.24, 2.45) is 16.8 Å². The molecular formula is C24H34N4O. The van der Waals surface area contributed by atoms with Crippen LogP contribution in [0.2, 0.25) is 0 Å². The highest BCUT2D eigenvalue weighted by Gasteiger charge is 2.29. The second-order valence-corrected chi connectivity index (χ2v) is 8.29. The molecule has 2 aliphatic heterocycles. The first kappa shape index (κ1) is 21.2. The topological polar surface area (TPSA) is 59.9 Å². The summed E-state index contributed by atoms with van der Waals surface area (Å²) in [6.07, 6.45) is 5.99. The minimum absolute atomic E-state index is 0.00412. The number of benzene rings is 1. The molecule has 2 atom stereocenters. The number of fused-ring (bicyclic) bond motifs is 1. The van der Waals surface area contributed by atoms with Gasteiger partial charge in [-0.25, -0.2) is 0 Å². The molecule has 0 aromatic heterocycles. The number of aliphatic hydroxyl groups is 1. The van der Waals surface area contributed by atoms with E-state index in [1.165, 1.54) is 11.1 Å². The number of nitrogens with one attached hydrogen (secondary N) is 2. The molecular weight excluding hydrogens is 360 g/mol. The number of rotatable bonds is 7. The fourth-order valence-electron chi connectivity index (χ4n) is 3.81. The van der Waals surface area contributed by atoms with Gasteiger partial charge in [0, 0.05) is 12.6 Å². The molecule has 0 fully saturated rings. The van der Waals surface area contributed by atoms with Gasteiger partial charge < -0.3 is 20.6 Å². The number of nitrogens with zero attached hydrogens (tertiary/aromatic N) is 2. The fourth-order valence-corrected chi connectivity index (χ4v) is 3.81. The first-order chi connectivity index (χ1) is 14.0. The summed E-state index contributed by atoms with van der Waals surface area (Å²) in [5, 5.41) is 16.5. The molecule has 2 aliphatic rings. The summed E-state index contributed by atoms with van der Waals surface area (Å²) >= 11 is 0. The van der Waals surface area contributed by atoms with Gasteiger partial charge in [0.25, 0.3) is 0 Å². The maximum atomic E-state index is 9.59. The van der Waals surface area contributed by atoms with E-state index in [1.54, 1.807) is 6.08 Å². The third-order valence-corrected chi connectivity index (χ3v) is 5.58. The largest absolute Gasteiger partial charge is 0.394 e. The van der Waals surface area contributed by atoms with Gasteiger partial charge in [-0.3, -0.25) is 4.99 Å². The van der Waals surface area contributed by atoms with Crippen molar-refractivity contribution in [3.63, 3.8) is 0 Å². The second kappa shape index (κ2) is 9.79. The van der Waals surface area contributed by atoms with Crippen LogP contribution in [0.5, 0.6) is 0 Å². The SMILES string of the molecule is C=C[C@H](CO)NC1=CC(=NCc2ccccc2)N2CC[C@@H](C)CC(C(C)C)=C2N1. The first-order valence-electron chi connectivity index (χ1n) is 10.6. The molecule has 0 bridgehead atoms. The number of allylic oxidation sites excluding steroid dienone is 1. The van der Waals surface area contributed by atoms with Gasteiger partial charge in [-0.2, -0.15) is 0 Å². The predicted octanol–water partition coefficient (Wildman–Crippen LogP) is 3.77. The smallest absolute Gasteiger partial charge is 0.133 e. The molecule has 3 N–H and O–H groups in total. The van der Waals surface area contributed by atoms with Crippen LogP contribution >= 0.6 is 0 Å². The van der Waals surface area contributed by atoms with Crippen LogP contribution in [-0.2, 0) is 6.54 Å². The monoisotopic (exact) mass is 394 g/mol. The van der Waals surface area contributed by atoms with Gasteiger partial charge >= 0.3 is 0 Å². The van der Waals surface area contributed by atoms with Crippen LogP contribution in [0.1, 0.15) is 39.2 Å². The molecule has 5 heteroatoms. The van der Waals surface area contributed by atoms with Crippen LogP contribution in [0.3, 0.4) is 0 Å². The maximum Gasteiger partial charge on any atom is 0.133 e. The molecule has 156 valence electrons. The zero-order valence-electron chi connectivity index (χ0n) is 17.9. The molecule has 0 amide bonds. The van der Waals surface area contributed by atoms with E-state index in [0.29, 0.717) is 18.4 Å². The molecule has 2 heterocycles. The van der Waals surface area contributed by atoms with E-state index in [9.17, 15) is 5.11 Å². The van der Waals surface area contributed by atoms with Gasteiger partial charge in [-0.1, -0.05) is 57.2 Å². The van der Waals surface area contributed by atoms with Gasteiger partial charge in [-0.15, -0.1) is 6.58 Å². The van der Waals surface area contributed by atoms with E-state index in [0.717, 1.165) is 36.9 Å². The minimum atomic E-state index is -0.205. The van der Waals surface area contributed by atoms with E-state index >= 15 is 0 Å². The zero-order valence-corrected chi connectivity index (χ0v) is 17.9. The summed E-state index contributed by atoms with van der Waals surface area (Å²) in [4.78, 5) is 7.30. The number of hydrogen-bond donors (Lipinski definition) is 3. The standard InChI is InChI=1S/C24H34N4O/c1-5-20(16-29)26-22-14-23(25-15-19-9-7-6-8-10-19)28-12-11-18(4)13-21(17(2)3)24(28)27-22/h5-10,14,17-18,20,26-27,29H,1,11-13,15-16H2,2-4H3/t18-,20-/m1/s1. The quantitative estimate of drug-likeness (QED) is 0.616. The molecule has 5 nitrogen and oxygen atoms in total. The fraction of sp³-hybridized carbons (Fsp3) is 0.458. The Kier molecular flexibility index (Phi) is 7.15.